The molecule has 0 rings (SSSR count). The Labute approximate surface area is 138 Å². The Morgan fingerprint density at radius 2 is 1.05 bits per heavy atom. The molecule has 2 atom stereocenters. The topological polar surface area (TPSA) is 60.7 Å². The van der Waals surface area contributed by atoms with Gasteiger partial charge in [0.15, 0.2) is 0 Å². The van der Waals surface area contributed by atoms with Crippen LogP contribution in [0.5, 0.6) is 0 Å². The first kappa shape index (κ1) is 21.9. The number of hydrogen-bond donors (Lipinski definition) is 3. The summed E-state index contributed by atoms with van der Waals surface area (Å²) < 4.78 is 0. The largest absolute Gasteiger partial charge is 0.396 e. The van der Waals surface area contributed by atoms with Gasteiger partial charge in [-0.15, -0.1) is 0 Å². The Kier molecular flexibility index (Phi) is 17.1. The molecule has 0 heterocycles. The standard InChI is InChI=1S/C19H40O3/c1-2-19(22)17-18(14-10-12-16-21)13-9-7-5-3-4-6-8-11-15-20/h18-22H,2-17H2,1H3. The number of unbranched alkanes of at least 4 members (excludes halogenated alkanes) is 8. The molecule has 0 radical (unpaired) electrons. The molecule has 0 aromatic heterocycles. The van der Waals surface area contributed by atoms with E-state index in [1.165, 1.54) is 51.4 Å². The lowest BCUT2D eigenvalue weighted by atomic mass is 9.89. The van der Waals surface area contributed by atoms with Crippen molar-refractivity contribution < 1.29 is 15.3 Å². The fourth-order valence-corrected chi connectivity index (χ4v) is 3.08. The summed E-state index contributed by atoms with van der Waals surface area (Å²) in [5.41, 5.74) is 0. The van der Waals surface area contributed by atoms with Gasteiger partial charge < -0.3 is 15.3 Å². The summed E-state index contributed by atoms with van der Waals surface area (Å²) in [7, 11) is 0. The van der Waals surface area contributed by atoms with Gasteiger partial charge in [-0.1, -0.05) is 71.1 Å². The van der Waals surface area contributed by atoms with E-state index in [1.54, 1.807) is 0 Å². The lowest BCUT2D eigenvalue weighted by Crippen LogP contribution is -2.13. The Morgan fingerprint density at radius 3 is 1.55 bits per heavy atom. The molecule has 0 aliphatic heterocycles. The summed E-state index contributed by atoms with van der Waals surface area (Å²) in [6.07, 6.45) is 15.9. The molecule has 0 aromatic carbocycles. The van der Waals surface area contributed by atoms with Crippen LogP contribution in [0.15, 0.2) is 0 Å². The average molecular weight is 317 g/mol. The zero-order chi connectivity index (χ0) is 16.5. The molecule has 134 valence electrons. The van der Waals surface area contributed by atoms with Crippen molar-refractivity contribution in [3.05, 3.63) is 0 Å². The highest BCUT2D eigenvalue weighted by atomic mass is 16.3. The molecule has 0 saturated carbocycles. The van der Waals surface area contributed by atoms with Crippen LogP contribution < -0.4 is 0 Å². The smallest absolute Gasteiger partial charge is 0.0540 e. The van der Waals surface area contributed by atoms with Gasteiger partial charge in [0.05, 0.1) is 6.10 Å². The average Bonchev–Trinajstić information content (AvgIpc) is 2.53. The second kappa shape index (κ2) is 17.2. The number of aliphatic hydroxyl groups is 3. The van der Waals surface area contributed by atoms with Crippen LogP contribution in [0.2, 0.25) is 0 Å². The predicted octanol–water partition coefficient (Wildman–Crippen LogP) is 4.43. The van der Waals surface area contributed by atoms with Gasteiger partial charge in [-0.25, -0.2) is 0 Å². The number of aliphatic hydroxyl groups excluding tert-OH is 3. The fraction of sp³-hybridized carbons (Fsp3) is 1.00. The zero-order valence-corrected chi connectivity index (χ0v) is 14.8. The number of hydrogen-bond acceptors (Lipinski definition) is 3. The summed E-state index contributed by atoms with van der Waals surface area (Å²) in [6, 6.07) is 0. The van der Waals surface area contributed by atoms with Gasteiger partial charge in [-0.05, 0) is 31.6 Å². The van der Waals surface area contributed by atoms with Crippen molar-refractivity contribution in [2.75, 3.05) is 13.2 Å². The maximum Gasteiger partial charge on any atom is 0.0540 e. The van der Waals surface area contributed by atoms with Crippen LogP contribution in [-0.4, -0.2) is 34.6 Å². The SMILES string of the molecule is CCC(O)CC(CCCCO)CCCCCCCCCCO. The molecule has 0 saturated heterocycles. The zero-order valence-electron chi connectivity index (χ0n) is 14.8. The lowest BCUT2D eigenvalue weighted by Gasteiger charge is -2.19. The normalized spacial score (nSPS) is 14.2. The first-order valence-corrected chi connectivity index (χ1v) is 9.64. The van der Waals surface area contributed by atoms with Crippen LogP contribution in [0.1, 0.15) is 96.8 Å². The van der Waals surface area contributed by atoms with E-state index in [0.717, 1.165) is 38.5 Å². The van der Waals surface area contributed by atoms with Crippen molar-refractivity contribution in [1.29, 1.82) is 0 Å². The van der Waals surface area contributed by atoms with Crippen LogP contribution in [-0.2, 0) is 0 Å². The molecule has 0 aliphatic rings. The van der Waals surface area contributed by atoms with Gasteiger partial charge in [-0.3, -0.25) is 0 Å². The number of rotatable bonds is 17. The van der Waals surface area contributed by atoms with E-state index in [-0.39, 0.29) is 6.10 Å². The van der Waals surface area contributed by atoms with Gasteiger partial charge >= 0.3 is 0 Å². The maximum absolute atomic E-state index is 9.86. The molecule has 3 nitrogen and oxygen atoms in total. The van der Waals surface area contributed by atoms with E-state index in [2.05, 4.69) is 0 Å². The van der Waals surface area contributed by atoms with Crippen LogP contribution in [0, 0.1) is 5.92 Å². The molecule has 3 N–H and O–H groups in total. The van der Waals surface area contributed by atoms with Crippen LogP contribution in [0.25, 0.3) is 0 Å². The third-order valence-corrected chi connectivity index (χ3v) is 4.62. The second-order valence-corrected chi connectivity index (χ2v) is 6.72. The van der Waals surface area contributed by atoms with Crippen molar-refractivity contribution in [3.63, 3.8) is 0 Å². The summed E-state index contributed by atoms with van der Waals surface area (Å²) in [5.74, 6) is 0.631. The second-order valence-electron chi connectivity index (χ2n) is 6.72. The van der Waals surface area contributed by atoms with E-state index in [4.69, 9.17) is 10.2 Å². The molecule has 0 amide bonds. The Bertz CT molecular complexity index is 209. The molecule has 0 aromatic rings. The third-order valence-electron chi connectivity index (χ3n) is 4.62. The van der Waals surface area contributed by atoms with Gasteiger partial charge in [0.2, 0.25) is 0 Å². The third kappa shape index (κ3) is 14.8. The fourth-order valence-electron chi connectivity index (χ4n) is 3.08. The van der Waals surface area contributed by atoms with E-state index in [1.807, 2.05) is 6.92 Å². The molecule has 0 fully saturated rings. The summed E-state index contributed by atoms with van der Waals surface area (Å²) in [6.45, 7) is 2.67. The molecule has 0 spiro atoms. The van der Waals surface area contributed by atoms with E-state index >= 15 is 0 Å². The lowest BCUT2D eigenvalue weighted by molar-refractivity contribution is 0.130. The highest BCUT2D eigenvalue weighted by Gasteiger charge is 2.13. The molecular formula is C19H40O3. The minimum atomic E-state index is -0.148. The van der Waals surface area contributed by atoms with Gasteiger partial charge in [0, 0.05) is 13.2 Å². The summed E-state index contributed by atoms with van der Waals surface area (Å²) >= 11 is 0. The molecule has 3 heteroatoms. The maximum atomic E-state index is 9.86. The predicted molar refractivity (Wildman–Crippen MR) is 94.0 cm³/mol. The summed E-state index contributed by atoms with van der Waals surface area (Å²) in [4.78, 5) is 0. The van der Waals surface area contributed by atoms with E-state index in [9.17, 15) is 5.11 Å². The molecule has 0 bridgehead atoms. The van der Waals surface area contributed by atoms with Crippen molar-refractivity contribution in [3.8, 4) is 0 Å². The molecular weight excluding hydrogens is 276 g/mol. The van der Waals surface area contributed by atoms with Gasteiger partial charge in [-0.2, -0.15) is 0 Å². The van der Waals surface area contributed by atoms with E-state index < -0.39 is 0 Å². The van der Waals surface area contributed by atoms with Crippen molar-refractivity contribution in [2.45, 2.75) is 103 Å². The first-order valence-electron chi connectivity index (χ1n) is 9.64. The highest BCUT2D eigenvalue weighted by molar-refractivity contribution is 4.65. The minimum Gasteiger partial charge on any atom is -0.396 e. The van der Waals surface area contributed by atoms with Crippen LogP contribution in [0.4, 0.5) is 0 Å². The Morgan fingerprint density at radius 1 is 0.636 bits per heavy atom. The van der Waals surface area contributed by atoms with Gasteiger partial charge in [0.25, 0.3) is 0 Å². The minimum absolute atomic E-state index is 0.148. The Hall–Kier alpha value is -0.120. The first-order chi connectivity index (χ1) is 10.7. The highest BCUT2D eigenvalue weighted by Crippen LogP contribution is 2.23. The quantitative estimate of drug-likeness (QED) is 0.348. The van der Waals surface area contributed by atoms with Crippen molar-refractivity contribution in [1.82, 2.24) is 0 Å². The van der Waals surface area contributed by atoms with Crippen molar-refractivity contribution in [2.24, 2.45) is 5.92 Å². The summed E-state index contributed by atoms with van der Waals surface area (Å²) in [5, 5.41) is 27.5. The van der Waals surface area contributed by atoms with Crippen molar-refractivity contribution >= 4 is 0 Å². The molecule has 22 heavy (non-hydrogen) atoms. The molecule has 2 unspecified atom stereocenters. The Balaban J connectivity index is 3.60. The van der Waals surface area contributed by atoms with Gasteiger partial charge in [0.1, 0.15) is 0 Å². The van der Waals surface area contributed by atoms with Crippen LogP contribution in [0.3, 0.4) is 0 Å². The molecule has 0 aliphatic carbocycles. The van der Waals surface area contributed by atoms with E-state index in [0.29, 0.717) is 19.1 Å². The monoisotopic (exact) mass is 316 g/mol. The van der Waals surface area contributed by atoms with Crippen LogP contribution >= 0.6 is 0 Å².